The zero-order valence-corrected chi connectivity index (χ0v) is 14.7. The Morgan fingerprint density at radius 3 is 2.25 bits per heavy atom. The minimum absolute atomic E-state index is 0.00372. The van der Waals surface area contributed by atoms with Gasteiger partial charge in [0.1, 0.15) is 11.6 Å². The van der Waals surface area contributed by atoms with E-state index in [0.717, 1.165) is 16.8 Å². The van der Waals surface area contributed by atoms with Crippen LogP contribution in [0.25, 0.3) is 0 Å². The van der Waals surface area contributed by atoms with Crippen LogP contribution in [0.15, 0.2) is 77.9 Å². The molecule has 3 aromatic carbocycles. The largest absolute Gasteiger partial charge is 0.508 e. The van der Waals surface area contributed by atoms with Gasteiger partial charge in [-0.2, -0.15) is 5.10 Å². The number of anilines is 1. The number of halogens is 1. The van der Waals surface area contributed by atoms with Gasteiger partial charge in [0.05, 0.1) is 22.4 Å². The molecule has 1 heterocycles. The van der Waals surface area contributed by atoms with Gasteiger partial charge in [-0.05, 0) is 59.7 Å². The summed E-state index contributed by atoms with van der Waals surface area (Å²) < 4.78 is 13.4. The normalized spacial score (nSPS) is 16.1. The third kappa shape index (κ3) is 3.42. The fourth-order valence-corrected chi connectivity index (χ4v) is 3.25. The lowest BCUT2D eigenvalue weighted by Gasteiger charge is -2.23. The standard InChI is InChI=1S/C21H16FN3O3/c22-16-5-1-15(2-6-16)21-13-20(14-3-11-19(26)12-4-14)23-24(21)17-7-9-18(10-8-17)25(27)28/h1-12,21,26H,13H2/t21-/m1/s1. The summed E-state index contributed by atoms with van der Waals surface area (Å²) >= 11 is 0. The summed E-state index contributed by atoms with van der Waals surface area (Å²) in [6.45, 7) is 0. The van der Waals surface area contributed by atoms with Gasteiger partial charge < -0.3 is 5.11 Å². The number of nitrogens with zero attached hydrogens (tertiary/aromatic N) is 3. The van der Waals surface area contributed by atoms with E-state index in [0.29, 0.717) is 12.1 Å². The Bertz CT molecular complexity index is 1030. The van der Waals surface area contributed by atoms with Crippen LogP contribution in [0, 0.1) is 15.9 Å². The first-order valence-corrected chi connectivity index (χ1v) is 8.67. The smallest absolute Gasteiger partial charge is 0.269 e. The van der Waals surface area contributed by atoms with E-state index in [9.17, 15) is 19.6 Å². The Labute approximate surface area is 160 Å². The van der Waals surface area contributed by atoms with Crippen LogP contribution < -0.4 is 5.01 Å². The van der Waals surface area contributed by atoms with Crippen molar-refractivity contribution in [3.8, 4) is 5.75 Å². The van der Waals surface area contributed by atoms with E-state index in [1.165, 1.54) is 24.3 Å². The van der Waals surface area contributed by atoms with Gasteiger partial charge in [-0.15, -0.1) is 0 Å². The molecule has 0 radical (unpaired) electrons. The van der Waals surface area contributed by atoms with Gasteiger partial charge >= 0.3 is 0 Å². The van der Waals surface area contributed by atoms with E-state index < -0.39 is 4.92 Å². The lowest BCUT2D eigenvalue weighted by Crippen LogP contribution is -2.18. The molecule has 4 rings (SSSR count). The molecule has 1 aliphatic heterocycles. The van der Waals surface area contributed by atoms with Crippen LogP contribution >= 0.6 is 0 Å². The summed E-state index contributed by atoms with van der Waals surface area (Å²) in [5.41, 5.74) is 3.28. The number of hydrazone groups is 1. The van der Waals surface area contributed by atoms with Crippen LogP contribution in [-0.4, -0.2) is 15.7 Å². The summed E-state index contributed by atoms with van der Waals surface area (Å²) in [7, 11) is 0. The van der Waals surface area contributed by atoms with Crippen LogP contribution in [0.4, 0.5) is 15.8 Å². The van der Waals surface area contributed by atoms with Gasteiger partial charge in [0, 0.05) is 18.6 Å². The van der Waals surface area contributed by atoms with Crippen molar-refractivity contribution in [3.05, 3.63) is 99.9 Å². The highest BCUT2D eigenvalue weighted by molar-refractivity contribution is 6.03. The average Bonchev–Trinajstić information content (AvgIpc) is 3.14. The second kappa shape index (κ2) is 7.11. The maximum atomic E-state index is 13.4. The molecule has 0 spiro atoms. The van der Waals surface area contributed by atoms with Crippen LogP contribution in [0.5, 0.6) is 5.75 Å². The van der Waals surface area contributed by atoms with Gasteiger partial charge in [0.25, 0.3) is 5.69 Å². The molecule has 0 bridgehead atoms. The van der Waals surface area contributed by atoms with Gasteiger partial charge in [0.2, 0.25) is 0 Å². The van der Waals surface area contributed by atoms with Gasteiger partial charge in [-0.3, -0.25) is 15.1 Å². The molecule has 0 aromatic heterocycles. The number of nitro groups is 1. The lowest BCUT2D eigenvalue weighted by atomic mass is 9.98. The van der Waals surface area contributed by atoms with Crippen molar-refractivity contribution in [1.82, 2.24) is 0 Å². The van der Waals surface area contributed by atoms with Gasteiger partial charge in [0.15, 0.2) is 0 Å². The van der Waals surface area contributed by atoms with Crippen LogP contribution in [0.2, 0.25) is 0 Å². The molecule has 0 saturated heterocycles. The van der Waals surface area contributed by atoms with Crippen LogP contribution in [0.1, 0.15) is 23.6 Å². The first-order chi connectivity index (χ1) is 13.5. The summed E-state index contributed by atoms with van der Waals surface area (Å²) in [4.78, 5) is 10.5. The van der Waals surface area contributed by atoms with Crippen molar-refractivity contribution in [1.29, 1.82) is 0 Å². The number of benzene rings is 3. The molecule has 1 aliphatic rings. The molecule has 140 valence electrons. The van der Waals surface area contributed by atoms with Gasteiger partial charge in [-0.25, -0.2) is 4.39 Å². The molecule has 1 atom stereocenters. The van der Waals surface area contributed by atoms with E-state index in [1.54, 1.807) is 53.5 Å². The Hall–Kier alpha value is -3.74. The number of rotatable bonds is 4. The molecule has 3 aromatic rings. The topological polar surface area (TPSA) is 79.0 Å². The fourth-order valence-electron chi connectivity index (χ4n) is 3.25. The molecular formula is C21H16FN3O3. The highest BCUT2D eigenvalue weighted by Crippen LogP contribution is 2.37. The fraction of sp³-hybridized carbons (Fsp3) is 0.0952. The van der Waals surface area contributed by atoms with Crippen molar-refractivity contribution in [2.24, 2.45) is 5.10 Å². The van der Waals surface area contributed by atoms with Crippen LogP contribution in [-0.2, 0) is 0 Å². The average molecular weight is 377 g/mol. The highest BCUT2D eigenvalue weighted by Gasteiger charge is 2.30. The van der Waals surface area contributed by atoms with E-state index in [4.69, 9.17) is 5.10 Å². The van der Waals surface area contributed by atoms with E-state index in [2.05, 4.69) is 0 Å². The van der Waals surface area contributed by atoms with Crippen molar-refractivity contribution >= 4 is 17.1 Å². The number of phenols is 1. The zero-order valence-electron chi connectivity index (χ0n) is 14.7. The van der Waals surface area contributed by atoms with Gasteiger partial charge in [-0.1, -0.05) is 12.1 Å². The molecule has 0 aliphatic carbocycles. The predicted octanol–water partition coefficient (Wildman–Crippen LogP) is 4.80. The zero-order chi connectivity index (χ0) is 19.7. The summed E-state index contributed by atoms with van der Waals surface area (Å²) in [5.74, 6) is -0.145. The summed E-state index contributed by atoms with van der Waals surface area (Å²) in [5, 5.41) is 26.9. The number of hydrogen-bond acceptors (Lipinski definition) is 5. The van der Waals surface area contributed by atoms with Crippen molar-refractivity contribution in [2.75, 3.05) is 5.01 Å². The number of phenolic OH excluding ortho intramolecular Hbond substituents is 1. The quantitative estimate of drug-likeness (QED) is 0.523. The Balaban J connectivity index is 1.73. The molecule has 0 unspecified atom stereocenters. The molecule has 1 N–H and O–H groups in total. The number of nitro benzene ring substituents is 1. The molecule has 28 heavy (non-hydrogen) atoms. The maximum Gasteiger partial charge on any atom is 0.269 e. The molecule has 0 fully saturated rings. The van der Waals surface area contributed by atoms with Crippen molar-refractivity contribution in [2.45, 2.75) is 12.5 Å². The Kier molecular flexibility index (Phi) is 4.49. The first-order valence-electron chi connectivity index (χ1n) is 8.67. The molecule has 0 amide bonds. The lowest BCUT2D eigenvalue weighted by molar-refractivity contribution is -0.384. The minimum Gasteiger partial charge on any atom is -0.508 e. The Morgan fingerprint density at radius 1 is 1.00 bits per heavy atom. The molecule has 0 saturated carbocycles. The highest BCUT2D eigenvalue weighted by atomic mass is 19.1. The summed E-state index contributed by atoms with van der Waals surface area (Å²) in [6, 6.07) is 19.0. The van der Waals surface area contributed by atoms with E-state index >= 15 is 0 Å². The number of aromatic hydroxyl groups is 1. The van der Waals surface area contributed by atoms with Crippen molar-refractivity contribution in [3.63, 3.8) is 0 Å². The maximum absolute atomic E-state index is 13.4. The van der Waals surface area contributed by atoms with Crippen molar-refractivity contribution < 1.29 is 14.4 Å². The molecule has 6 nitrogen and oxygen atoms in total. The first kappa shape index (κ1) is 17.7. The second-order valence-corrected chi connectivity index (χ2v) is 6.48. The monoisotopic (exact) mass is 377 g/mol. The molecule has 7 heteroatoms. The second-order valence-electron chi connectivity index (χ2n) is 6.48. The summed E-state index contributed by atoms with van der Waals surface area (Å²) in [6.07, 6.45) is 0.577. The Morgan fingerprint density at radius 2 is 1.64 bits per heavy atom. The van der Waals surface area contributed by atoms with Crippen LogP contribution in [0.3, 0.4) is 0 Å². The molecular weight excluding hydrogens is 361 g/mol. The SMILES string of the molecule is O=[N+]([O-])c1ccc(N2N=C(c3ccc(O)cc3)C[C@@H]2c2ccc(F)cc2)cc1. The van der Waals surface area contributed by atoms with E-state index in [-0.39, 0.29) is 23.3 Å². The minimum atomic E-state index is -0.448. The third-order valence-corrected chi connectivity index (χ3v) is 4.69. The van der Waals surface area contributed by atoms with E-state index in [1.807, 2.05) is 0 Å². The third-order valence-electron chi connectivity index (χ3n) is 4.69. The number of non-ortho nitro benzene ring substituents is 1. The predicted molar refractivity (Wildman–Crippen MR) is 104 cm³/mol. The number of hydrogen-bond donors (Lipinski definition) is 1.